The van der Waals surface area contributed by atoms with Crippen LogP contribution in [-0.4, -0.2) is 13.1 Å². The van der Waals surface area contributed by atoms with Crippen LogP contribution < -0.4 is 11.5 Å². The Morgan fingerprint density at radius 1 is 0.692 bits per heavy atom. The molecule has 2 heteroatoms. The zero-order chi connectivity index (χ0) is 10.4. The number of hydrogen-bond acceptors (Lipinski definition) is 2. The Bertz CT molecular complexity index is 47.6. The third-order valence-electron chi connectivity index (χ3n) is 1.91. The summed E-state index contributed by atoms with van der Waals surface area (Å²) in [4.78, 5) is 0. The Labute approximate surface area is 84.1 Å². The zero-order valence-electron chi connectivity index (χ0n) is 9.52. The highest BCUT2D eigenvalue weighted by molar-refractivity contribution is 4.51. The van der Waals surface area contributed by atoms with E-state index in [1.165, 1.54) is 38.5 Å². The largest absolute Gasteiger partial charge is 0.330 e. The van der Waals surface area contributed by atoms with Crippen LogP contribution in [0.15, 0.2) is 0 Å². The molecule has 0 heterocycles. The SMILES string of the molecule is C1CCCCC1.CC.NCCCN. The molecule has 0 aliphatic heterocycles. The molecule has 0 aromatic carbocycles. The lowest BCUT2D eigenvalue weighted by atomic mass is 10.0. The molecule has 2 nitrogen and oxygen atoms in total. The quantitative estimate of drug-likeness (QED) is 0.700. The topological polar surface area (TPSA) is 52.0 Å². The van der Waals surface area contributed by atoms with E-state index in [0.717, 1.165) is 19.5 Å². The number of hydrogen-bond donors (Lipinski definition) is 2. The van der Waals surface area contributed by atoms with Crippen molar-refractivity contribution in [1.29, 1.82) is 0 Å². The molecular weight excluding hydrogens is 160 g/mol. The average Bonchev–Trinajstić information content (AvgIpc) is 2.25. The fourth-order valence-corrected chi connectivity index (χ4v) is 1.18. The first-order valence-electron chi connectivity index (χ1n) is 5.82. The van der Waals surface area contributed by atoms with E-state index in [2.05, 4.69) is 0 Å². The van der Waals surface area contributed by atoms with Gasteiger partial charge in [0.2, 0.25) is 0 Å². The lowest BCUT2D eigenvalue weighted by molar-refractivity contribution is 0.504. The van der Waals surface area contributed by atoms with Gasteiger partial charge in [-0.15, -0.1) is 0 Å². The van der Waals surface area contributed by atoms with Crippen molar-refractivity contribution in [3.8, 4) is 0 Å². The van der Waals surface area contributed by atoms with Crippen LogP contribution in [0.5, 0.6) is 0 Å². The van der Waals surface area contributed by atoms with Crippen molar-refractivity contribution >= 4 is 0 Å². The molecule has 0 spiro atoms. The monoisotopic (exact) mass is 188 g/mol. The Morgan fingerprint density at radius 2 is 0.923 bits per heavy atom. The summed E-state index contributed by atoms with van der Waals surface area (Å²) in [7, 11) is 0. The summed E-state index contributed by atoms with van der Waals surface area (Å²) in [6, 6.07) is 0. The summed E-state index contributed by atoms with van der Waals surface area (Å²) in [5.74, 6) is 0. The first kappa shape index (κ1) is 15.4. The van der Waals surface area contributed by atoms with Crippen LogP contribution in [0.4, 0.5) is 0 Å². The lowest BCUT2D eigenvalue weighted by Crippen LogP contribution is -2.06. The molecule has 1 aliphatic carbocycles. The van der Waals surface area contributed by atoms with Crippen molar-refractivity contribution in [2.24, 2.45) is 11.5 Å². The Balaban J connectivity index is 0. The third-order valence-corrected chi connectivity index (χ3v) is 1.91. The fraction of sp³-hybridized carbons (Fsp3) is 1.00. The molecule has 1 saturated carbocycles. The first-order valence-corrected chi connectivity index (χ1v) is 5.82. The minimum atomic E-state index is 0.719. The molecule has 0 amide bonds. The summed E-state index contributed by atoms with van der Waals surface area (Å²) in [6.07, 6.45) is 9.94. The van der Waals surface area contributed by atoms with Crippen LogP contribution in [0.1, 0.15) is 58.8 Å². The molecule has 0 radical (unpaired) electrons. The Morgan fingerprint density at radius 3 is 1.00 bits per heavy atom. The van der Waals surface area contributed by atoms with Crippen LogP contribution in [0, 0.1) is 0 Å². The van der Waals surface area contributed by atoms with Crippen molar-refractivity contribution in [3.05, 3.63) is 0 Å². The highest BCUT2D eigenvalue weighted by Crippen LogP contribution is 2.15. The van der Waals surface area contributed by atoms with Gasteiger partial charge in [-0.2, -0.15) is 0 Å². The second kappa shape index (κ2) is 17.9. The molecular formula is C11H28N2. The average molecular weight is 188 g/mol. The fourth-order valence-electron chi connectivity index (χ4n) is 1.18. The summed E-state index contributed by atoms with van der Waals surface area (Å²) < 4.78 is 0. The van der Waals surface area contributed by atoms with Gasteiger partial charge in [0.25, 0.3) is 0 Å². The molecule has 82 valence electrons. The molecule has 4 N–H and O–H groups in total. The molecule has 13 heavy (non-hydrogen) atoms. The van der Waals surface area contributed by atoms with Gasteiger partial charge in [0.15, 0.2) is 0 Å². The van der Waals surface area contributed by atoms with Crippen LogP contribution in [-0.2, 0) is 0 Å². The van der Waals surface area contributed by atoms with Gasteiger partial charge >= 0.3 is 0 Å². The second-order valence-corrected chi connectivity index (χ2v) is 3.05. The minimum absolute atomic E-state index is 0.719. The lowest BCUT2D eigenvalue weighted by Gasteiger charge is -2.05. The molecule has 0 aromatic rings. The molecule has 0 saturated heterocycles. The number of nitrogens with two attached hydrogens (primary N) is 2. The van der Waals surface area contributed by atoms with E-state index >= 15 is 0 Å². The molecule has 1 fully saturated rings. The van der Waals surface area contributed by atoms with E-state index in [4.69, 9.17) is 11.5 Å². The normalized spacial score (nSPS) is 14.8. The van der Waals surface area contributed by atoms with E-state index in [9.17, 15) is 0 Å². The molecule has 1 aliphatic rings. The number of rotatable bonds is 2. The molecule has 0 aromatic heterocycles. The van der Waals surface area contributed by atoms with E-state index < -0.39 is 0 Å². The van der Waals surface area contributed by atoms with Crippen molar-refractivity contribution in [1.82, 2.24) is 0 Å². The molecule has 0 unspecified atom stereocenters. The van der Waals surface area contributed by atoms with Crippen molar-refractivity contribution in [2.45, 2.75) is 58.8 Å². The third kappa shape index (κ3) is 18.7. The molecule has 0 atom stereocenters. The van der Waals surface area contributed by atoms with Gasteiger partial charge in [-0.3, -0.25) is 0 Å². The van der Waals surface area contributed by atoms with E-state index in [0.29, 0.717) is 0 Å². The highest BCUT2D eigenvalue weighted by Gasteiger charge is 1.95. The predicted octanol–water partition coefficient (Wildman–Crippen LogP) is 2.66. The summed E-state index contributed by atoms with van der Waals surface area (Å²) in [5.41, 5.74) is 10.1. The van der Waals surface area contributed by atoms with Gasteiger partial charge in [-0.25, -0.2) is 0 Å². The van der Waals surface area contributed by atoms with Crippen molar-refractivity contribution < 1.29 is 0 Å². The maximum Gasteiger partial charge on any atom is -0.00653 e. The van der Waals surface area contributed by atoms with Crippen LogP contribution in [0.25, 0.3) is 0 Å². The maximum atomic E-state index is 5.06. The smallest absolute Gasteiger partial charge is 0.00653 e. The van der Waals surface area contributed by atoms with Gasteiger partial charge in [-0.05, 0) is 19.5 Å². The predicted molar refractivity (Wildman–Crippen MR) is 61.8 cm³/mol. The van der Waals surface area contributed by atoms with Crippen LogP contribution >= 0.6 is 0 Å². The first-order chi connectivity index (χ1) is 6.41. The van der Waals surface area contributed by atoms with Crippen molar-refractivity contribution in [3.63, 3.8) is 0 Å². The van der Waals surface area contributed by atoms with Gasteiger partial charge in [0, 0.05) is 0 Å². The standard InChI is InChI=1S/C6H12.C3H10N2.C2H6/c1-2-4-6-5-3-1;4-2-1-3-5;1-2/h1-6H2;1-5H2;1-2H3. The second-order valence-electron chi connectivity index (χ2n) is 3.05. The molecule has 0 bridgehead atoms. The summed E-state index contributed by atoms with van der Waals surface area (Å²) in [6.45, 7) is 5.44. The van der Waals surface area contributed by atoms with E-state index in [1.54, 1.807) is 0 Å². The highest BCUT2D eigenvalue weighted by atomic mass is 14.6. The zero-order valence-corrected chi connectivity index (χ0v) is 9.52. The Kier molecular flexibility index (Phi) is 21.2. The Hall–Kier alpha value is -0.0800. The van der Waals surface area contributed by atoms with E-state index in [-0.39, 0.29) is 0 Å². The van der Waals surface area contributed by atoms with E-state index in [1.807, 2.05) is 13.8 Å². The van der Waals surface area contributed by atoms with Gasteiger partial charge in [-0.1, -0.05) is 52.4 Å². The van der Waals surface area contributed by atoms with Gasteiger partial charge < -0.3 is 11.5 Å². The maximum absolute atomic E-state index is 5.06. The van der Waals surface area contributed by atoms with Gasteiger partial charge in [0.05, 0.1) is 0 Å². The van der Waals surface area contributed by atoms with Gasteiger partial charge in [0.1, 0.15) is 0 Å². The van der Waals surface area contributed by atoms with Crippen molar-refractivity contribution in [2.75, 3.05) is 13.1 Å². The summed E-state index contributed by atoms with van der Waals surface area (Å²) >= 11 is 0. The van der Waals surface area contributed by atoms with Crippen LogP contribution in [0.2, 0.25) is 0 Å². The minimum Gasteiger partial charge on any atom is -0.330 e. The van der Waals surface area contributed by atoms with Crippen LogP contribution in [0.3, 0.4) is 0 Å². The summed E-state index contributed by atoms with van der Waals surface area (Å²) in [5, 5.41) is 0. The molecule has 1 rings (SSSR count).